The Kier molecular flexibility index (Phi) is 5.46. The van der Waals surface area contributed by atoms with Crippen LogP contribution in [0.4, 0.5) is 0 Å². The van der Waals surface area contributed by atoms with Gasteiger partial charge in [-0.2, -0.15) is 0 Å². The van der Waals surface area contributed by atoms with Gasteiger partial charge in [0, 0.05) is 5.57 Å². The minimum Gasteiger partial charge on any atom is -0.457 e. The van der Waals surface area contributed by atoms with Gasteiger partial charge in [-0.25, -0.2) is 4.79 Å². The van der Waals surface area contributed by atoms with E-state index in [-0.39, 0.29) is 5.97 Å². The first-order valence-corrected chi connectivity index (χ1v) is 4.98. The number of rotatable bonds is 5. The molecule has 0 unspecified atom stereocenters. The van der Waals surface area contributed by atoms with Crippen LogP contribution in [0.1, 0.15) is 34.1 Å². The van der Waals surface area contributed by atoms with Crippen LogP contribution in [0, 0.1) is 0 Å². The zero-order valence-corrected chi connectivity index (χ0v) is 9.64. The molecule has 0 radical (unpaired) electrons. The van der Waals surface area contributed by atoms with Gasteiger partial charge >= 0.3 is 5.97 Å². The third-order valence-corrected chi connectivity index (χ3v) is 1.54. The van der Waals surface area contributed by atoms with Crippen LogP contribution in [0.2, 0.25) is 0 Å². The number of hydrogen-bond donors (Lipinski definition) is 1. The fourth-order valence-corrected chi connectivity index (χ4v) is 0.868. The van der Waals surface area contributed by atoms with Crippen LogP contribution in [-0.2, 0) is 9.53 Å². The van der Waals surface area contributed by atoms with Gasteiger partial charge in [0.2, 0.25) is 0 Å². The van der Waals surface area contributed by atoms with Crippen LogP contribution < -0.4 is 5.32 Å². The highest BCUT2D eigenvalue weighted by atomic mass is 16.6. The molecular weight excluding hydrogens is 178 g/mol. The Bertz CT molecular complexity index is 204. The minimum absolute atomic E-state index is 0.296. The van der Waals surface area contributed by atoms with E-state index in [4.69, 9.17) is 4.74 Å². The van der Waals surface area contributed by atoms with Crippen molar-refractivity contribution in [2.45, 2.75) is 39.7 Å². The van der Waals surface area contributed by atoms with Crippen molar-refractivity contribution in [2.24, 2.45) is 0 Å². The predicted molar refractivity (Wildman–Crippen MR) is 58.1 cm³/mol. The first-order chi connectivity index (χ1) is 6.37. The summed E-state index contributed by atoms with van der Waals surface area (Å²) in [4.78, 5) is 11.4. The lowest BCUT2D eigenvalue weighted by molar-refractivity contribution is -0.150. The van der Waals surface area contributed by atoms with Gasteiger partial charge in [0.15, 0.2) is 0 Å². The molecule has 0 amide bonds. The number of esters is 1. The van der Waals surface area contributed by atoms with Crippen LogP contribution in [0.3, 0.4) is 0 Å². The van der Waals surface area contributed by atoms with Crippen molar-refractivity contribution in [3.05, 3.63) is 12.2 Å². The highest BCUT2D eigenvalue weighted by Crippen LogP contribution is 2.11. The summed E-state index contributed by atoms with van der Waals surface area (Å²) in [6.07, 6.45) is 0.642. The minimum atomic E-state index is -0.432. The molecule has 0 saturated carbocycles. The molecule has 0 saturated heterocycles. The van der Waals surface area contributed by atoms with Gasteiger partial charge in [0.1, 0.15) is 5.60 Å². The first kappa shape index (κ1) is 13.2. The number of carbonyl (C=O) groups excluding carboxylic acids is 1. The second-order valence-electron chi connectivity index (χ2n) is 4.21. The maximum atomic E-state index is 11.4. The van der Waals surface area contributed by atoms with Gasteiger partial charge in [-0.3, -0.25) is 0 Å². The van der Waals surface area contributed by atoms with E-state index in [1.807, 2.05) is 27.7 Å². The highest BCUT2D eigenvalue weighted by molar-refractivity contribution is 5.87. The lowest BCUT2D eigenvalue weighted by Crippen LogP contribution is -2.25. The van der Waals surface area contributed by atoms with E-state index in [1.165, 1.54) is 0 Å². The van der Waals surface area contributed by atoms with Gasteiger partial charge in [-0.1, -0.05) is 13.5 Å². The largest absolute Gasteiger partial charge is 0.457 e. The van der Waals surface area contributed by atoms with Crippen molar-refractivity contribution >= 4 is 5.97 Å². The van der Waals surface area contributed by atoms with Crippen LogP contribution >= 0.6 is 0 Å². The topological polar surface area (TPSA) is 38.3 Å². The van der Waals surface area contributed by atoms with Crippen molar-refractivity contribution in [1.82, 2.24) is 5.32 Å². The predicted octanol–water partition coefficient (Wildman–Crippen LogP) is 1.88. The molecule has 0 heterocycles. The molecule has 0 aliphatic carbocycles. The van der Waals surface area contributed by atoms with E-state index in [0.717, 1.165) is 13.1 Å². The van der Waals surface area contributed by atoms with Gasteiger partial charge in [-0.05, 0) is 40.3 Å². The fraction of sp³-hybridized carbons (Fsp3) is 0.727. The smallest absolute Gasteiger partial charge is 0.333 e. The van der Waals surface area contributed by atoms with Gasteiger partial charge in [0.25, 0.3) is 0 Å². The number of nitrogens with one attached hydrogen (secondary N) is 1. The molecule has 0 bridgehead atoms. The van der Waals surface area contributed by atoms with Crippen molar-refractivity contribution in [3.63, 3.8) is 0 Å². The van der Waals surface area contributed by atoms with Crippen LogP contribution in [0.5, 0.6) is 0 Å². The zero-order valence-electron chi connectivity index (χ0n) is 9.64. The second kappa shape index (κ2) is 5.81. The maximum absolute atomic E-state index is 11.4. The molecule has 0 aromatic heterocycles. The van der Waals surface area contributed by atoms with E-state index in [9.17, 15) is 4.79 Å². The van der Waals surface area contributed by atoms with E-state index < -0.39 is 5.60 Å². The monoisotopic (exact) mass is 199 g/mol. The molecule has 3 heteroatoms. The molecule has 1 N–H and O–H groups in total. The Balaban J connectivity index is 3.83. The van der Waals surface area contributed by atoms with Crippen molar-refractivity contribution in [2.75, 3.05) is 13.1 Å². The Morgan fingerprint density at radius 3 is 2.43 bits per heavy atom. The third-order valence-electron chi connectivity index (χ3n) is 1.54. The van der Waals surface area contributed by atoms with Gasteiger partial charge in [0.05, 0.1) is 0 Å². The second-order valence-corrected chi connectivity index (χ2v) is 4.21. The van der Waals surface area contributed by atoms with E-state index in [0.29, 0.717) is 12.0 Å². The average molecular weight is 199 g/mol. The Morgan fingerprint density at radius 2 is 2.00 bits per heavy atom. The van der Waals surface area contributed by atoms with Crippen LogP contribution in [-0.4, -0.2) is 24.7 Å². The molecule has 82 valence electrons. The molecule has 3 nitrogen and oxygen atoms in total. The van der Waals surface area contributed by atoms with Gasteiger partial charge in [-0.15, -0.1) is 0 Å². The van der Waals surface area contributed by atoms with Crippen molar-refractivity contribution in [1.29, 1.82) is 0 Å². The third kappa shape index (κ3) is 6.66. The number of carbonyl (C=O) groups is 1. The summed E-state index contributed by atoms with van der Waals surface area (Å²) in [6, 6.07) is 0. The Morgan fingerprint density at radius 1 is 1.43 bits per heavy atom. The van der Waals surface area contributed by atoms with Crippen molar-refractivity contribution < 1.29 is 9.53 Å². The molecular formula is C11H21NO2. The van der Waals surface area contributed by atoms with E-state index >= 15 is 0 Å². The molecule has 0 rings (SSSR count). The molecule has 0 atom stereocenters. The number of ether oxygens (including phenoxy) is 1. The molecule has 0 aliphatic heterocycles. The van der Waals surface area contributed by atoms with Crippen molar-refractivity contribution in [3.8, 4) is 0 Å². The van der Waals surface area contributed by atoms with Gasteiger partial charge < -0.3 is 10.1 Å². The summed E-state index contributed by atoms with van der Waals surface area (Å²) in [6.45, 7) is 12.9. The lowest BCUT2D eigenvalue weighted by Gasteiger charge is -2.20. The van der Waals surface area contributed by atoms with Crippen LogP contribution in [0.25, 0.3) is 0 Å². The fourth-order valence-electron chi connectivity index (χ4n) is 0.868. The normalized spacial score (nSPS) is 11.1. The Labute approximate surface area is 86.5 Å². The quantitative estimate of drug-likeness (QED) is 0.417. The summed E-state index contributed by atoms with van der Waals surface area (Å²) in [5, 5.41) is 3.13. The first-order valence-electron chi connectivity index (χ1n) is 4.98. The standard InChI is InChI=1S/C11H21NO2/c1-6-12-8-7-9(2)10(13)14-11(3,4)5/h12H,2,6-8H2,1,3-5H3. The number of hydrogen-bond acceptors (Lipinski definition) is 3. The summed E-state index contributed by atoms with van der Waals surface area (Å²) in [5.41, 5.74) is 0.0963. The summed E-state index contributed by atoms with van der Waals surface area (Å²) in [7, 11) is 0. The SMILES string of the molecule is C=C(CCNCC)C(=O)OC(C)(C)C. The molecule has 14 heavy (non-hydrogen) atoms. The Hall–Kier alpha value is -0.830. The molecule has 0 aromatic rings. The maximum Gasteiger partial charge on any atom is 0.333 e. The zero-order chi connectivity index (χ0) is 11.2. The van der Waals surface area contributed by atoms with E-state index in [1.54, 1.807) is 0 Å². The molecule has 0 aromatic carbocycles. The molecule has 0 aliphatic rings. The highest BCUT2D eigenvalue weighted by Gasteiger charge is 2.17. The van der Waals surface area contributed by atoms with Crippen LogP contribution in [0.15, 0.2) is 12.2 Å². The molecule has 0 fully saturated rings. The lowest BCUT2D eigenvalue weighted by atomic mass is 10.1. The average Bonchev–Trinajstić information content (AvgIpc) is 2.01. The van der Waals surface area contributed by atoms with E-state index in [2.05, 4.69) is 11.9 Å². The summed E-state index contributed by atoms with van der Waals surface area (Å²) >= 11 is 0. The summed E-state index contributed by atoms with van der Waals surface area (Å²) < 4.78 is 5.16. The molecule has 0 spiro atoms. The summed E-state index contributed by atoms with van der Waals surface area (Å²) in [5.74, 6) is -0.296.